The maximum absolute atomic E-state index is 12.9. The van der Waals surface area contributed by atoms with Crippen molar-refractivity contribution in [2.45, 2.75) is 33.2 Å². The van der Waals surface area contributed by atoms with Gasteiger partial charge in [0.25, 0.3) is 11.7 Å². The van der Waals surface area contributed by atoms with Crippen molar-refractivity contribution in [3.05, 3.63) is 65.2 Å². The summed E-state index contributed by atoms with van der Waals surface area (Å²) in [6.45, 7) is 5.83. The first-order valence-corrected chi connectivity index (χ1v) is 10.2. The van der Waals surface area contributed by atoms with Crippen LogP contribution < -0.4 is 9.47 Å². The number of amides is 1. The lowest BCUT2D eigenvalue weighted by atomic mass is 9.95. The Balaban J connectivity index is 2.15. The largest absolute Gasteiger partial charge is 0.507 e. The number of ketones is 1. The second-order valence-electron chi connectivity index (χ2n) is 7.12. The molecule has 1 aliphatic rings. The molecule has 1 amide bonds. The second kappa shape index (κ2) is 9.47. The molecule has 1 aliphatic heterocycles. The fourth-order valence-corrected chi connectivity index (χ4v) is 3.67. The summed E-state index contributed by atoms with van der Waals surface area (Å²) in [5.41, 5.74) is 0.933. The third kappa shape index (κ3) is 4.60. The van der Waals surface area contributed by atoms with Gasteiger partial charge in [0.15, 0.2) is 0 Å². The van der Waals surface area contributed by atoms with Crippen LogP contribution in [0.3, 0.4) is 0 Å². The molecule has 1 atom stereocenters. The standard InChI is InChI=1S/C24H25NO6/c1-4-12-25-21(16-8-6-11-19(13-16)31-15(3)26)20(23(28)24(25)29)22(27)17-9-7-10-18(14-17)30-5-2/h6-11,13-14,21,27H,4-5,12H2,1-3H3/b22-20-. The minimum atomic E-state index is -0.800. The fraction of sp³-hybridized carbons (Fsp3) is 0.292. The Morgan fingerprint density at radius 1 is 1.06 bits per heavy atom. The summed E-state index contributed by atoms with van der Waals surface area (Å²) in [6, 6.07) is 12.6. The third-order valence-corrected chi connectivity index (χ3v) is 4.86. The average Bonchev–Trinajstić information content (AvgIpc) is 2.99. The summed E-state index contributed by atoms with van der Waals surface area (Å²) >= 11 is 0. The van der Waals surface area contributed by atoms with Crippen LogP contribution in [0.25, 0.3) is 5.76 Å². The highest BCUT2D eigenvalue weighted by Gasteiger charge is 2.45. The number of carbonyl (C=O) groups excluding carboxylic acids is 3. The van der Waals surface area contributed by atoms with E-state index < -0.39 is 23.7 Å². The topological polar surface area (TPSA) is 93.1 Å². The number of aliphatic hydroxyl groups excluding tert-OH is 1. The van der Waals surface area contributed by atoms with Crippen molar-refractivity contribution < 1.29 is 29.0 Å². The van der Waals surface area contributed by atoms with Crippen LogP contribution in [0.5, 0.6) is 11.5 Å². The van der Waals surface area contributed by atoms with Gasteiger partial charge in [-0.1, -0.05) is 31.2 Å². The molecule has 1 saturated heterocycles. The van der Waals surface area contributed by atoms with Gasteiger partial charge in [0, 0.05) is 19.0 Å². The number of Topliss-reactive ketones (excluding diaryl/α,β-unsaturated/α-hetero) is 1. The summed E-state index contributed by atoms with van der Waals surface area (Å²) < 4.78 is 10.7. The summed E-state index contributed by atoms with van der Waals surface area (Å²) in [5, 5.41) is 11.1. The monoisotopic (exact) mass is 423 g/mol. The van der Waals surface area contributed by atoms with Crippen LogP contribution in [-0.4, -0.2) is 40.8 Å². The number of likely N-dealkylation sites (tertiary alicyclic amines) is 1. The number of ether oxygens (including phenoxy) is 2. The summed E-state index contributed by atoms with van der Waals surface area (Å²) in [7, 11) is 0. The van der Waals surface area contributed by atoms with Gasteiger partial charge in [0.05, 0.1) is 18.2 Å². The lowest BCUT2D eigenvalue weighted by Gasteiger charge is -2.25. The van der Waals surface area contributed by atoms with E-state index in [0.717, 1.165) is 0 Å². The van der Waals surface area contributed by atoms with E-state index in [2.05, 4.69) is 0 Å². The first-order chi connectivity index (χ1) is 14.9. The van der Waals surface area contributed by atoms with Gasteiger partial charge in [-0.25, -0.2) is 0 Å². The molecule has 1 fully saturated rings. The summed E-state index contributed by atoms with van der Waals surface area (Å²) in [6.07, 6.45) is 0.632. The molecule has 2 aromatic carbocycles. The van der Waals surface area contributed by atoms with Gasteiger partial charge in [-0.05, 0) is 43.2 Å². The molecule has 0 bridgehead atoms. The van der Waals surface area contributed by atoms with Crippen molar-refractivity contribution in [2.75, 3.05) is 13.2 Å². The highest BCUT2D eigenvalue weighted by Crippen LogP contribution is 2.40. The molecule has 1 N–H and O–H groups in total. The van der Waals surface area contributed by atoms with Crippen LogP contribution in [0.4, 0.5) is 0 Å². The van der Waals surface area contributed by atoms with Crippen LogP contribution in [0.2, 0.25) is 0 Å². The lowest BCUT2D eigenvalue weighted by molar-refractivity contribution is -0.139. The van der Waals surface area contributed by atoms with Crippen molar-refractivity contribution >= 4 is 23.4 Å². The van der Waals surface area contributed by atoms with E-state index in [1.807, 2.05) is 13.8 Å². The van der Waals surface area contributed by atoms with Crippen molar-refractivity contribution in [2.24, 2.45) is 0 Å². The number of esters is 1. The second-order valence-corrected chi connectivity index (χ2v) is 7.12. The number of aliphatic hydroxyl groups is 1. The molecule has 1 heterocycles. The number of hydrogen-bond acceptors (Lipinski definition) is 6. The molecule has 162 valence electrons. The zero-order valence-electron chi connectivity index (χ0n) is 17.8. The molecule has 2 aromatic rings. The molecule has 7 heteroatoms. The Morgan fingerprint density at radius 3 is 2.45 bits per heavy atom. The number of rotatable bonds is 7. The number of hydrogen-bond donors (Lipinski definition) is 1. The van der Waals surface area contributed by atoms with Gasteiger partial charge in [-0.3, -0.25) is 14.4 Å². The van der Waals surface area contributed by atoms with E-state index in [1.165, 1.54) is 11.8 Å². The van der Waals surface area contributed by atoms with Crippen LogP contribution in [0.1, 0.15) is 44.4 Å². The third-order valence-electron chi connectivity index (χ3n) is 4.86. The highest BCUT2D eigenvalue weighted by atomic mass is 16.5. The Labute approximate surface area is 180 Å². The van der Waals surface area contributed by atoms with E-state index in [0.29, 0.717) is 42.2 Å². The zero-order valence-corrected chi connectivity index (χ0v) is 17.8. The van der Waals surface area contributed by atoms with E-state index >= 15 is 0 Å². The van der Waals surface area contributed by atoms with E-state index in [4.69, 9.17) is 9.47 Å². The number of carbonyl (C=O) groups is 3. The van der Waals surface area contributed by atoms with E-state index in [1.54, 1.807) is 48.5 Å². The fourth-order valence-electron chi connectivity index (χ4n) is 3.67. The van der Waals surface area contributed by atoms with Crippen LogP contribution in [0, 0.1) is 0 Å². The van der Waals surface area contributed by atoms with Crippen LogP contribution in [0.15, 0.2) is 54.1 Å². The minimum Gasteiger partial charge on any atom is -0.507 e. The van der Waals surface area contributed by atoms with Crippen molar-refractivity contribution in [1.82, 2.24) is 4.90 Å². The van der Waals surface area contributed by atoms with E-state index in [-0.39, 0.29) is 11.3 Å². The maximum Gasteiger partial charge on any atom is 0.308 e. The van der Waals surface area contributed by atoms with Gasteiger partial charge in [-0.15, -0.1) is 0 Å². The predicted molar refractivity (Wildman–Crippen MR) is 115 cm³/mol. The first-order valence-electron chi connectivity index (χ1n) is 10.2. The summed E-state index contributed by atoms with van der Waals surface area (Å²) in [4.78, 5) is 38.5. The molecule has 1 unspecified atom stereocenters. The van der Waals surface area contributed by atoms with Crippen LogP contribution in [-0.2, 0) is 14.4 Å². The smallest absolute Gasteiger partial charge is 0.308 e. The quantitative estimate of drug-likeness (QED) is 0.239. The van der Waals surface area contributed by atoms with E-state index in [9.17, 15) is 19.5 Å². The Morgan fingerprint density at radius 2 is 1.77 bits per heavy atom. The highest BCUT2D eigenvalue weighted by molar-refractivity contribution is 6.46. The Hall–Kier alpha value is -3.61. The molecule has 7 nitrogen and oxygen atoms in total. The molecule has 0 radical (unpaired) electrons. The van der Waals surface area contributed by atoms with Gasteiger partial charge in [0.2, 0.25) is 0 Å². The molecular weight excluding hydrogens is 398 g/mol. The molecule has 3 rings (SSSR count). The molecule has 31 heavy (non-hydrogen) atoms. The summed E-state index contributed by atoms with van der Waals surface area (Å²) in [5.74, 6) is -1.34. The zero-order chi connectivity index (χ0) is 22.5. The Kier molecular flexibility index (Phi) is 6.74. The Bertz CT molecular complexity index is 1040. The van der Waals surface area contributed by atoms with Crippen LogP contribution >= 0.6 is 0 Å². The van der Waals surface area contributed by atoms with Crippen molar-refractivity contribution in [3.63, 3.8) is 0 Å². The van der Waals surface area contributed by atoms with Crippen molar-refractivity contribution in [1.29, 1.82) is 0 Å². The SMILES string of the molecule is CCCN1C(=O)C(=O)/C(=C(\O)c2cccc(OCC)c2)C1c1cccc(OC(C)=O)c1. The molecule has 0 spiro atoms. The van der Waals surface area contributed by atoms with Gasteiger partial charge in [-0.2, -0.15) is 0 Å². The van der Waals surface area contributed by atoms with Gasteiger partial charge < -0.3 is 19.5 Å². The van der Waals surface area contributed by atoms with Gasteiger partial charge >= 0.3 is 5.97 Å². The number of benzene rings is 2. The first kappa shape index (κ1) is 22.1. The molecular formula is C24H25NO6. The minimum absolute atomic E-state index is 0.00734. The lowest BCUT2D eigenvalue weighted by Crippen LogP contribution is -2.30. The normalized spacial score (nSPS) is 17.6. The molecule has 0 aliphatic carbocycles. The van der Waals surface area contributed by atoms with Crippen molar-refractivity contribution in [3.8, 4) is 11.5 Å². The average molecular weight is 423 g/mol. The molecule has 0 saturated carbocycles. The maximum atomic E-state index is 12.9. The number of nitrogens with zero attached hydrogens (tertiary/aromatic N) is 1. The molecule has 0 aromatic heterocycles. The van der Waals surface area contributed by atoms with Gasteiger partial charge in [0.1, 0.15) is 17.3 Å². The predicted octanol–water partition coefficient (Wildman–Crippen LogP) is 3.84.